The molecule has 0 aliphatic carbocycles. The molecular weight excluding hydrogens is 318 g/mol. The second kappa shape index (κ2) is 8.78. The van der Waals surface area contributed by atoms with E-state index in [1.807, 2.05) is 6.07 Å². The molecule has 1 aromatic heterocycles. The molecule has 1 saturated heterocycles. The molecule has 1 aliphatic rings. The van der Waals surface area contributed by atoms with Crippen molar-refractivity contribution in [3.8, 4) is 0 Å². The third kappa shape index (κ3) is 5.69. The Morgan fingerprint density at radius 1 is 1.40 bits per heavy atom. The lowest BCUT2D eigenvalue weighted by molar-refractivity contribution is -0.117. The zero-order chi connectivity index (χ0) is 17.5. The van der Waals surface area contributed by atoms with Gasteiger partial charge in [-0.15, -0.1) is 0 Å². The van der Waals surface area contributed by atoms with E-state index in [9.17, 15) is 4.79 Å². The maximum absolute atomic E-state index is 12.0. The Hall–Kier alpha value is -2.18. The molecule has 2 heterocycles. The Kier molecular flexibility index (Phi) is 6.19. The summed E-state index contributed by atoms with van der Waals surface area (Å²) < 4.78 is 10.9. The highest BCUT2D eigenvalue weighted by Gasteiger charge is 2.24. The third-order valence-electron chi connectivity index (χ3n) is 4.30. The first-order valence-electron chi connectivity index (χ1n) is 8.80. The van der Waals surface area contributed by atoms with Crippen LogP contribution in [0.1, 0.15) is 24.2 Å². The van der Waals surface area contributed by atoms with Gasteiger partial charge in [0, 0.05) is 25.8 Å². The number of ether oxygens (including phenoxy) is 1. The Morgan fingerprint density at radius 2 is 2.24 bits per heavy atom. The lowest BCUT2D eigenvalue weighted by atomic mass is 10.1. The van der Waals surface area contributed by atoms with Crippen molar-refractivity contribution >= 4 is 11.7 Å². The third-order valence-corrected chi connectivity index (χ3v) is 4.30. The predicted octanol–water partition coefficient (Wildman–Crippen LogP) is 2.65. The SMILES string of the molecule is Cc1cc(NC(=O)CN2CC[C@@H](OCCCc3ccccc3)C2)no1. The number of aryl methyl sites for hydroxylation is 2. The van der Waals surface area contributed by atoms with E-state index in [0.29, 0.717) is 18.1 Å². The molecule has 3 rings (SSSR count). The summed E-state index contributed by atoms with van der Waals surface area (Å²) in [6.07, 6.45) is 3.25. The number of hydrogen-bond donors (Lipinski definition) is 1. The van der Waals surface area contributed by atoms with Gasteiger partial charge in [0.2, 0.25) is 5.91 Å². The van der Waals surface area contributed by atoms with Gasteiger partial charge in [-0.3, -0.25) is 9.69 Å². The standard InChI is InChI=1S/C19H25N3O3/c1-15-12-18(21-25-15)20-19(23)14-22-10-9-17(13-22)24-11-5-8-16-6-3-2-4-7-16/h2-4,6-7,12,17H,5,8-11,13-14H2,1H3,(H,20,21,23)/t17-/m1/s1. The molecule has 1 aliphatic heterocycles. The average molecular weight is 343 g/mol. The molecule has 2 aromatic rings. The minimum atomic E-state index is -0.0713. The zero-order valence-corrected chi connectivity index (χ0v) is 14.6. The summed E-state index contributed by atoms with van der Waals surface area (Å²) in [6.45, 7) is 4.60. The molecule has 0 spiro atoms. The largest absolute Gasteiger partial charge is 0.377 e. The molecule has 1 atom stereocenters. The van der Waals surface area contributed by atoms with Crippen LogP contribution in [0.2, 0.25) is 0 Å². The fourth-order valence-electron chi connectivity index (χ4n) is 3.06. The van der Waals surface area contributed by atoms with Gasteiger partial charge in [-0.25, -0.2) is 0 Å². The van der Waals surface area contributed by atoms with E-state index in [1.54, 1.807) is 13.0 Å². The predicted molar refractivity (Wildman–Crippen MR) is 95.4 cm³/mol. The highest BCUT2D eigenvalue weighted by molar-refractivity contribution is 5.91. The molecule has 0 radical (unpaired) electrons. The van der Waals surface area contributed by atoms with Crippen LogP contribution in [-0.2, 0) is 16.0 Å². The van der Waals surface area contributed by atoms with Crippen LogP contribution in [0.5, 0.6) is 0 Å². The second-order valence-corrected chi connectivity index (χ2v) is 6.48. The van der Waals surface area contributed by atoms with Gasteiger partial charge in [0.15, 0.2) is 5.82 Å². The van der Waals surface area contributed by atoms with Crippen LogP contribution in [-0.4, -0.2) is 48.3 Å². The van der Waals surface area contributed by atoms with E-state index >= 15 is 0 Å². The summed E-state index contributed by atoms with van der Waals surface area (Å²) in [4.78, 5) is 14.1. The molecule has 0 unspecified atom stereocenters. The minimum Gasteiger partial charge on any atom is -0.377 e. The Labute approximate surface area is 148 Å². The number of likely N-dealkylation sites (tertiary alicyclic amines) is 1. The number of carbonyl (C=O) groups excluding carboxylic acids is 1. The number of hydrogen-bond acceptors (Lipinski definition) is 5. The summed E-state index contributed by atoms with van der Waals surface area (Å²) in [7, 11) is 0. The smallest absolute Gasteiger partial charge is 0.239 e. The quantitative estimate of drug-likeness (QED) is 0.746. The molecular formula is C19H25N3O3. The highest BCUT2D eigenvalue weighted by atomic mass is 16.5. The van der Waals surface area contributed by atoms with Gasteiger partial charge in [-0.05, 0) is 31.7 Å². The fraction of sp³-hybridized carbons (Fsp3) is 0.474. The van der Waals surface area contributed by atoms with Crippen molar-refractivity contribution in [2.75, 3.05) is 31.6 Å². The first-order chi connectivity index (χ1) is 12.2. The van der Waals surface area contributed by atoms with Gasteiger partial charge in [0.25, 0.3) is 0 Å². The van der Waals surface area contributed by atoms with Crippen molar-refractivity contribution in [3.63, 3.8) is 0 Å². The number of amides is 1. The van der Waals surface area contributed by atoms with Crippen molar-refractivity contribution in [2.24, 2.45) is 0 Å². The number of nitrogens with one attached hydrogen (secondary N) is 1. The van der Waals surface area contributed by atoms with E-state index < -0.39 is 0 Å². The van der Waals surface area contributed by atoms with Gasteiger partial charge in [-0.1, -0.05) is 35.5 Å². The van der Waals surface area contributed by atoms with Crippen molar-refractivity contribution in [1.82, 2.24) is 10.1 Å². The van der Waals surface area contributed by atoms with Crippen LogP contribution in [0, 0.1) is 6.92 Å². The molecule has 6 heteroatoms. The van der Waals surface area contributed by atoms with Gasteiger partial charge in [0.05, 0.1) is 12.6 Å². The average Bonchev–Trinajstić information content (AvgIpc) is 3.21. The van der Waals surface area contributed by atoms with E-state index in [2.05, 4.69) is 39.6 Å². The number of aromatic nitrogens is 1. The lowest BCUT2D eigenvalue weighted by Gasteiger charge is -2.15. The van der Waals surface area contributed by atoms with Crippen molar-refractivity contribution in [1.29, 1.82) is 0 Å². The first-order valence-corrected chi connectivity index (χ1v) is 8.80. The topological polar surface area (TPSA) is 67.6 Å². The van der Waals surface area contributed by atoms with Crippen LogP contribution >= 0.6 is 0 Å². The molecule has 134 valence electrons. The lowest BCUT2D eigenvalue weighted by Crippen LogP contribution is -2.32. The van der Waals surface area contributed by atoms with E-state index in [-0.39, 0.29) is 12.0 Å². The van der Waals surface area contributed by atoms with E-state index in [1.165, 1.54) is 5.56 Å². The van der Waals surface area contributed by atoms with Crippen LogP contribution < -0.4 is 5.32 Å². The maximum Gasteiger partial charge on any atom is 0.239 e. The van der Waals surface area contributed by atoms with Gasteiger partial charge < -0.3 is 14.6 Å². The zero-order valence-electron chi connectivity index (χ0n) is 14.6. The number of carbonyl (C=O) groups is 1. The normalized spacial score (nSPS) is 17.7. The molecule has 25 heavy (non-hydrogen) atoms. The second-order valence-electron chi connectivity index (χ2n) is 6.48. The van der Waals surface area contributed by atoms with Crippen LogP contribution in [0.4, 0.5) is 5.82 Å². The number of nitrogens with zero attached hydrogens (tertiary/aromatic N) is 2. The van der Waals surface area contributed by atoms with Crippen molar-refractivity contribution < 1.29 is 14.1 Å². The van der Waals surface area contributed by atoms with Crippen molar-refractivity contribution in [2.45, 2.75) is 32.3 Å². The van der Waals surface area contributed by atoms with Crippen molar-refractivity contribution in [3.05, 3.63) is 47.7 Å². The molecule has 6 nitrogen and oxygen atoms in total. The summed E-state index contributed by atoms with van der Waals surface area (Å²) in [6, 6.07) is 12.2. The molecule has 1 aromatic carbocycles. The fourth-order valence-corrected chi connectivity index (χ4v) is 3.06. The molecule has 1 N–H and O–H groups in total. The Morgan fingerprint density at radius 3 is 3.00 bits per heavy atom. The van der Waals surface area contributed by atoms with Gasteiger partial charge in [0.1, 0.15) is 5.76 Å². The molecule has 0 saturated carbocycles. The van der Waals surface area contributed by atoms with Crippen LogP contribution in [0.15, 0.2) is 40.9 Å². The monoisotopic (exact) mass is 343 g/mol. The van der Waals surface area contributed by atoms with Crippen LogP contribution in [0.3, 0.4) is 0 Å². The Bertz CT molecular complexity index is 672. The summed E-state index contributed by atoms with van der Waals surface area (Å²) in [5.41, 5.74) is 1.35. The molecule has 1 fully saturated rings. The van der Waals surface area contributed by atoms with Gasteiger partial charge >= 0.3 is 0 Å². The van der Waals surface area contributed by atoms with E-state index in [0.717, 1.165) is 39.0 Å². The maximum atomic E-state index is 12.0. The number of benzene rings is 1. The summed E-state index contributed by atoms with van der Waals surface area (Å²) >= 11 is 0. The van der Waals surface area contributed by atoms with E-state index in [4.69, 9.17) is 9.26 Å². The Balaban J connectivity index is 1.31. The van der Waals surface area contributed by atoms with Crippen LogP contribution in [0.25, 0.3) is 0 Å². The number of anilines is 1. The summed E-state index contributed by atoms with van der Waals surface area (Å²) in [5.74, 6) is 1.08. The minimum absolute atomic E-state index is 0.0713. The highest BCUT2D eigenvalue weighted by Crippen LogP contribution is 2.14. The molecule has 1 amide bonds. The first kappa shape index (κ1) is 17.6. The summed E-state index contributed by atoms with van der Waals surface area (Å²) in [5, 5.41) is 6.52. The molecule has 0 bridgehead atoms. The number of rotatable bonds is 8. The van der Waals surface area contributed by atoms with Gasteiger partial charge in [-0.2, -0.15) is 0 Å².